The summed E-state index contributed by atoms with van der Waals surface area (Å²) < 4.78 is 29.8. The number of nitro groups is 1. The van der Waals surface area contributed by atoms with E-state index in [1.807, 2.05) is 0 Å². The lowest BCUT2D eigenvalue weighted by molar-refractivity contribution is -0.384. The molecule has 1 aromatic carbocycles. The minimum atomic E-state index is -3.63. The molecule has 1 aromatic heterocycles. The zero-order valence-corrected chi connectivity index (χ0v) is 11.8. The van der Waals surface area contributed by atoms with Gasteiger partial charge < -0.3 is 9.73 Å². The zero-order valence-electron chi connectivity index (χ0n) is 11.0. The molecular weight excluding hydrogens is 298 g/mol. The number of sulfone groups is 1. The van der Waals surface area contributed by atoms with Gasteiger partial charge in [0.15, 0.2) is 5.58 Å². The van der Waals surface area contributed by atoms with Gasteiger partial charge in [-0.05, 0) is 31.5 Å². The van der Waals surface area contributed by atoms with Crippen LogP contribution in [0.3, 0.4) is 0 Å². The Morgan fingerprint density at radius 3 is 2.95 bits per heavy atom. The van der Waals surface area contributed by atoms with Gasteiger partial charge in [-0.3, -0.25) is 10.1 Å². The zero-order chi connectivity index (χ0) is 15.0. The number of rotatable bonds is 4. The molecule has 0 spiro atoms. The highest BCUT2D eigenvalue weighted by molar-refractivity contribution is 7.91. The fourth-order valence-corrected chi connectivity index (χ4v) is 3.88. The second kappa shape index (κ2) is 5.08. The molecule has 0 bridgehead atoms. The highest BCUT2D eigenvalue weighted by atomic mass is 32.2. The van der Waals surface area contributed by atoms with Crippen LogP contribution in [-0.4, -0.2) is 37.2 Å². The molecule has 1 saturated heterocycles. The maximum absolute atomic E-state index is 12.3. The summed E-state index contributed by atoms with van der Waals surface area (Å²) in [6, 6.07) is 3.82. The number of non-ortho nitro benzene ring substituents is 1. The number of nitrogens with one attached hydrogen (secondary N) is 1. The lowest BCUT2D eigenvalue weighted by Gasteiger charge is -2.05. The maximum Gasteiger partial charge on any atom is 0.316 e. The van der Waals surface area contributed by atoms with Crippen molar-refractivity contribution in [3.8, 4) is 0 Å². The van der Waals surface area contributed by atoms with Crippen LogP contribution in [0.25, 0.3) is 11.1 Å². The van der Waals surface area contributed by atoms with E-state index in [9.17, 15) is 18.5 Å². The van der Waals surface area contributed by atoms with Gasteiger partial charge >= 0.3 is 5.22 Å². The number of nitrogens with zero attached hydrogens (tertiary/aromatic N) is 2. The lowest BCUT2D eigenvalue weighted by Crippen LogP contribution is -2.19. The molecule has 2 heterocycles. The molecule has 9 heteroatoms. The van der Waals surface area contributed by atoms with Crippen molar-refractivity contribution in [2.75, 3.05) is 18.8 Å². The van der Waals surface area contributed by atoms with Crippen molar-refractivity contribution in [3.05, 3.63) is 28.3 Å². The molecule has 21 heavy (non-hydrogen) atoms. The van der Waals surface area contributed by atoms with Crippen molar-refractivity contribution >= 4 is 26.6 Å². The van der Waals surface area contributed by atoms with Crippen LogP contribution in [0.15, 0.2) is 27.8 Å². The van der Waals surface area contributed by atoms with Gasteiger partial charge in [-0.15, -0.1) is 0 Å². The largest absolute Gasteiger partial charge is 0.428 e. The minimum absolute atomic E-state index is 0.0328. The molecule has 0 unspecified atom stereocenters. The highest BCUT2D eigenvalue weighted by Gasteiger charge is 2.28. The van der Waals surface area contributed by atoms with Crippen LogP contribution in [0.4, 0.5) is 5.69 Å². The predicted octanol–water partition coefficient (Wildman–Crippen LogP) is 1.12. The summed E-state index contributed by atoms with van der Waals surface area (Å²) in [6.07, 6.45) is 0.797. The number of nitro benzene ring substituents is 1. The van der Waals surface area contributed by atoms with E-state index in [0.717, 1.165) is 13.0 Å². The number of hydrogen-bond donors (Lipinski definition) is 1. The van der Waals surface area contributed by atoms with Crippen LogP contribution in [0.2, 0.25) is 0 Å². The number of benzene rings is 1. The van der Waals surface area contributed by atoms with Crippen molar-refractivity contribution in [3.63, 3.8) is 0 Å². The standard InChI is InChI=1S/C12H13N3O5S/c16-15(17)9-1-2-11-10(5-9)14-12(20-11)21(18,19)7-8-3-4-13-6-8/h1-2,5,8,13H,3-4,6-7H2/t8-/m0/s1. The first-order valence-electron chi connectivity index (χ1n) is 6.44. The summed E-state index contributed by atoms with van der Waals surface area (Å²) >= 11 is 0. The van der Waals surface area contributed by atoms with Crippen LogP contribution in [0.1, 0.15) is 6.42 Å². The molecule has 2 aromatic rings. The molecule has 0 radical (unpaired) electrons. The van der Waals surface area contributed by atoms with Gasteiger partial charge in [0.2, 0.25) is 9.84 Å². The monoisotopic (exact) mass is 311 g/mol. The van der Waals surface area contributed by atoms with Gasteiger partial charge in [-0.2, -0.15) is 4.98 Å². The third-order valence-electron chi connectivity index (χ3n) is 3.45. The van der Waals surface area contributed by atoms with E-state index >= 15 is 0 Å². The Kier molecular flexibility index (Phi) is 3.38. The van der Waals surface area contributed by atoms with Gasteiger partial charge in [-0.25, -0.2) is 8.42 Å². The Morgan fingerprint density at radius 2 is 2.29 bits per heavy atom. The van der Waals surface area contributed by atoms with Crippen LogP contribution in [0.5, 0.6) is 0 Å². The summed E-state index contributed by atoms with van der Waals surface area (Å²) in [5, 5.41) is 13.4. The van der Waals surface area contributed by atoms with Crippen molar-refractivity contribution in [1.29, 1.82) is 0 Å². The lowest BCUT2D eigenvalue weighted by atomic mass is 10.2. The molecule has 1 atom stereocenters. The Labute approximate surface area is 120 Å². The Balaban J connectivity index is 1.94. The van der Waals surface area contributed by atoms with Crippen LogP contribution < -0.4 is 5.32 Å². The van der Waals surface area contributed by atoms with Gasteiger partial charge in [0.05, 0.1) is 10.7 Å². The van der Waals surface area contributed by atoms with E-state index in [1.54, 1.807) is 0 Å². The second-order valence-corrected chi connectivity index (χ2v) is 6.94. The van der Waals surface area contributed by atoms with Gasteiger partial charge in [-0.1, -0.05) is 0 Å². The summed E-state index contributed by atoms with van der Waals surface area (Å²) in [4.78, 5) is 14.0. The first-order chi connectivity index (χ1) is 9.95. The Bertz CT molecular complexity index is 792. The van der Waals surface area contributed by atoms with E-state index in [2.05, 4.69) is 10.3 Å². The van der Waals surface area contributed by atoms with Crippen LogP contribution in [-0.2, 0) is 9.84 Å². The smallest absolute Gasteiger partial charge is 0.316 e. The second-order valence-electron chi connectivity index (χ2n) is 5.03. The molecule has 1 aliphatic rings. The number of oxazole rings is 1. The number of aromatic nitrogens is 1. The van der Waals surface area contributed by atoms with E-state index in [1.165, 1.54) is 18.2 Å². The van der Waals surface area contributed by atoms with Crippen LogP contribution in [0, 0.1) is 16.0 Å². The summed E-state index contributed by atoms with van der Waals surface area (Å²) in [6.45, 7) is 1.46. The molecule has 0 aliphatic carbocycles. The van der Waals surface area contributed by atoms with E-state index in [-0.39, 0.29) is 33.7 Å². The van der Waals surface area contributed by atoms with Crippen molar-refractivity contribution in [1.82, 2.24) is 10.3 Å². The third-order valence-corrected chi connectivity index (χ3v) is 5.06. The number of hydrogen-bond acceptors (Lipinski definition) is 7. The summed E-state index contributed by atoms with van der Waals surface area (Å²) in [5.41, 5.74) is 0.246. The molecular formula is C12H13N3O5S. The first-order valence-corrected chi connectivity index (χ1v) is 8.09. The molecule has 112 valence electrons. The van der Waals surface area contributed by atoms with Crippen molar-refractivity contribution in [2.24, 2.45) is 5.92 Å². The fraction of sp³-hybridized carbons (Fsp3) is 0.417. The summed E-state index contributed by atoms with van der Waals surface area (Å²) in [7, 11) is -3.63. The number of fused-ring (bicyclic) bond motifs is 1. The maximum atomic E-state index is 12.3. The van der Waals surface area contributed by atoms with Gasteiger partial charge in [0.1, 0.15) is 5.52 Å². The van der Waals surface area contributed by atoms with E-state index in [4.69, 9.17) is 4.42 Å². The molecule has 8 nitrogen and oxygen atoms in total. The Hall–Kier alpha value is -2.00. The van der Waals surface area contributed by atoms with Gasteiger partial charge in [0.25, 0.3) is 5.69 Å². The van der Waals surface area contributed by atoms with E-state index in [0.29, 0.717) is 6.54 Å². The first kappa shape index (κ1) is 14.0. The summed E-state index contributed by atoms with van der Waals surface area (Å²) in [5.74, 6) is 0.00824. The van der Waals surface area contributed by atoms with Gasteiger partial charge in [0, 0.05) is 12.1 Å². The van der Waals surface area contributed by atoms with E-state index < -0.39 is 14.8 Å². The quantitative estimate of drug-likeness (QED) is 0.664. The Morgan fingerprint density at radius 1 is 1.48 bits per heavy atom. The molecule has 0 amide bonds. The normalized spacial score (nSPS) is 19.1. The molecule has 1 N–H and O–H groups in total. The van der Waals surface area contributed by atoms with Crippen molar-refractivity contribution in [2.45, 2.75) is 11.6 Å². The average Bonchev–Trinajstić information content (AvgIpc) is 3.05. The molecule has 3 rings (SSSR count). The predicted molar refractivity (Wildman–Crippen MR) is 73.7 cm³/mol. The molecule has 1 aliphatic heterocycles. The topological polar surface area (TPSA) is 115 Å². The third kappa shape index (κ3) is 2.74. The average molecular weight is 311 g/mol. The highest BCUT2D eigenvalue weighted by Crippen LogP contribution is 2.25. The molecule has 0 saturated carbocycles. The van der Waals surface area contributed by atoms with Crippen LogP contribution >= 0.6 is 0 Å². The van der Waals surface area contributed by atoms with Crippen molar-refractivity contribution < 1.29 is 17.8 Å². The molecule has 1 fully saturated rings. The fourth-order valence-electron chi connectivity index (χ4n) is 2.38. The SMILES string of the molecule is O=[N+]([O-])c1ccc2oc(S(=O)(=O)C[C@H]3CCNC3)nc2c1. The minimum Gasteiger partial charge on any atom is -0.428 e.